The molecule has 0 saturated carbocycles. The van der Waals surface area contributed by atoms with Gasteiger partial charge in [0.25, 0.3) is 5.91 Å². The third kappa shape index (κ3) is 4.89. The number of anilines is 2. The maximum absolute atomic E-state index is 13.5. The maximum Gasteiger partial charge on any atom is 0.264 e. The first-order valence-electron chi connectivity index (χ1n) is 11.4. The molecule has 8 heteroatoms. The highest BCUT2D eigenvalue weighted by atomic mass is 35.5. The molecule has 2 N–H and O–H groups in total. The highest BCUT2D eigenvalue weighted by Crippen LogP contribution is 2.44. The van der Waals surface area contributed by atoms with Crippen molar-refractivity contribution in [3.05, 3.63) is 93.5 Å². The number of aliphatic hydroxyl groups is 1. The highest BCUT2D eigenvalue weighted by Gasteiger charge is 2.51. The molecule has 0 aromatic heterocycles. The number of nitrogens with zero attached hydrogens (tertiary/aromatic N) is 1. The van der Waals surface area contributed by atoms with E-state index in [1.165, 1.54) is 4.90 Å². The summed E-state index contributed by atoms with van der Waals surface area (Å²) in [6.07, 6.45) is -0.441. The molecule has 0 saturated heterocycles. The molecule has 4 rings (SSSR count). The zero-order chi connectivity index (χ0) is 26.3. The van der Waals surface area contributed by atoms with Gasteiger partial charge in [-0.2, -0.15) is 0 Å². The van der Waals surface area contributed by atoms with E-state index in [9.17, 15) is 19.5 Å². The van der Waals surface area contributed by atoms with Crippen molar-refractivity contribution >= 4 is 52.2 Å². The Bertz CT molecular complexity index is 1330. The number of carbonyl (C=O) groups is 3. The van der Waals surface area contributed by atoms with Gasteiger partial charge >= 0.3 is 0 Å². The number of halogens is 2. The number of ketones is 1. The van der Waals surface area contributed by atoms with Crippen molar-refractivity contribution in [2.45, 2.75) is 39.3 Å². The molecule has 0 spiro atoms. The summed E-state index contributed by atoms with van der Waals surface area (Å²) in [4.78, 5) is 40.3. The van der Waals surface area contributed by atoms with Crippen LogP contribution < -0.4 is 10.2 Å². The zero-order valence-corrected chi connectivity index (χ0v) is 21.7. The van der Waals surface area contributed by atoms with Gasteiger partial charge < -0.3 is 15.3 Å². The van der Waals surface area contributed by atoms with E-state index in [1.54, 1.807) is 87.5 Å². The van der Waals surface area contributed by atoms with Crippen LogP contribution in [0.3, 0.4) is 0 Å². The second-order valence-corrected chi connectivity index (χ2v) is 10.7. The van der Waals surface area contributed by atoms with Crippen molar-refractivity contribution in [3.63, 3.8) is 0 Å². The van der Waals surface area contributed by atoms with Gasteiger partial charge in [-0.15, -0.1) is 0 Å². The first-order valence-corrected chi connectivity index (χ1v) is 12.2. The molecule has 1 unspecified atom stereocenters. The highest BCUT2D eigenvalue weighted by molar-refractivity contribution is 6.36. The summed E-state index contributed by atoms with van der Waals surface area (Å²) >= 11 is 12.6. The Morgan fingerprint density at radius 1 is 0.944 bits per heavy atom. The predicted molar refractivity (Wildman–Crippen MR) is 141 cm³/mol. The summed E-state index contributed by atoms with van der Waals surface area (Å²) in [6, 6.07) is 18.3. The van der Waals surface area contributed by atoms with Crippen molar-refractivity contribution in [2.24, 2.45) is 5.41 Å². The van der Waals surface area contributed by atoms with E-state index in [2.05, 4.69) is 5.32 Å². The Labute approximate surface area is 219 Å². The lowest BCUT2D eigenvalue weighted by molar-refractivity contribution is -0.136. The lowest BCUT2D eigenvalue weighted by atomic mass is 9.88. The zero-order valence-electron chi connectivity index (χ0n) is 20.1. The monoisotopic (exact) mass is 524 g/mol. The van der Waals surface area contributed by atoms with Crippen molar-refractivity contribution < 1.29 is 19.5 Å². The van der Waals surface area contributed by atoms with E-state index >= 15 is 0 Å². The number of rotatable bonds is 6. The SMILES string of the molecule is CC(C)(C)C(=O)Nc1ccc(C(=O)CC2(O)C(=O)N(Cc3c(Cl)cccc3Cl)c3ccccc32)cc1. The Morgan fingerprint density at radius 3 is 2.17 bits per heavy atom. The molecule has 1 heterocycles. The summed E-state index contributed by atoms with van der Waals surface area (Å²) in [5.41, 5.74) is -0.346. The molecular weight excluding hydrogens is 499 g/mol. The van der Waals surface area contributed by atoms with E-state index in [0.717, 1.165) is 0 Å². The molecule has 0 radical (unpaired) electrons. The van der Waals surface area contributed by atoms with Crippen molar-refractivity contribution in [1.82, 2.24) is 0 Å². The first-order chi connectivity index (χ1) is 16.9. The van der Waals surface area contributed by atoms with Crippen LogP contribution >= 0.6 is 23.2 Å². The van der Waals surface area contributed by atoms with Crippen LogP contribution in [-0.4, -0.2) is 22.7 Å². The summed E-state index contributed by atoms with van der Waals surface area (Å²) < 4.78 is 0. The second kappa shape index (κ2) is 9.69. The largest absolute Gasteiger partial charge is 0.375 e. The number of fused-ring (bicyclic) bond motifs is 1. The third-order valence-corrected chi connectivity index (χ3v) is 6.89. The minimum atomic E-state index is -2.04. The van der Waals surface area contributed by atoms with E-state index in [-0.39, 0.29) is 12.5 Å². The van der Waals surface area contributed by atoms with Gasteiger partial charge in [-0.25, -0.2) is 0 Å². The Kier molecular flexibility index (Phi) is 6.97. The van der Waals surface area contributed by atoms with Crippen molar-refractivity contribution in [2.75, 3.05) is 10.2 Å². The second-order valence-electron chi connectivity index (χ2n) is 9.85. The minimum absolute atomic E-state index is 0.0486. The van der Waals surface area contributed by atoms with Gasteiger partial charge in [0.2, 0.25) is 5.91 Å². The Morgan fingerprint density at radius 2 is 1.56 bits per heavy atom. The van der Waals surface area contributed by atoms with Crippen LogP contribution in [-0.2, 0) is 21.7 Å². The van der Waals surface area contributed by atoms with E-state index in [1.807, 2.05) is 0 Å². The van der Waals surface area contributed by atoms with E-state index in [0.29, 0.717) is 38.1 Å². The quantitative estimate of drug-likeness (QED) is 0.388. The predicted octanol–water partition coefficient (Wildman–Crippen LogP) is 5.99. The summed E-state index contributed by atoms with van der Waals surface area (Å²) in [7, 11) is 0. The van der Waals surface area contributed by atoms with Gasteiger partial charge in [0, 0.05) is 37.8 Å². The Balaban J connectivity index is 1.58. The van der Waals surface area contributed by atoms with Gasteiger partial charge in [-0.1, -0.05) is 68.2 Å². The average Bonchev–Trinajstić information content (AvgIpc) is 3.03. The molecular formula is C28H26Cl2N2O4. The molecule has 1 aliphatic heterocycles. The summed E-state index contributed by atoms with van der Waals surface area (Å²) in [5, 5.41) is 15.2. The lowest BCUT2D eigenvalue weighted by Gasteiger charge is -2.23. The molecule has 2 amide bonds. The van der Waals surface area contributed by atoms with Gasteiger partial charge in [0.15, 0.2) is 11.4 Å². The number of carbonyl (C=O) groups excluding carboxylic acids is 3. The molecule has 3 aromatic carbocycles. The smallest absolute Gasteiger partial charge is 0.264 e. The maximum atomic E-state index is 13.5. The van der Waals surface area contributed by atoms with Crippen LogP contribution in [0.4, 0.5) is 11.4 Å². The minimum Gasteiger partial charge on any atom is -0.375 e. The standard InChI is InChI=1S/C28H26Cl2N2O4/c1-27(2,3)25(34)31-18-13-11-17(12-14-18)24(33)15-28(36)20-7-4-5-10-23(20)32(26(28)35)16-19-21(29)8-6-9-22(19)30/h4-14,36H,15-16H2,1-3H3,(H,31,34). The summed E-state index contributed by atoms with van der Waals surface area (Å²) in [5.74, 6) is -1.18. The molecule has 3 aromatic rings. The molecule has 0 fully saturated rings. The third-order valence-electron chi connectivity index (χ3n) is 6.18. The number of para-hydroxylation sites is 1. The van der Waals surface area contributed by atoms with Crippen LogP contribution in [0, 0.1) is 5.41 Å². The summed E-state index contributed by atoms with van der Waals surface area (Å²) in [6.45, 7) is 5.47. The fraction of sp³-hybridized carbons (Fsp3) is 0.250. The average molecular weight is 525 g/mol. The first kappa shape index (κ1) is 25.9. The fourth-order valence-corrected chi connectivity index (χ4v) is 4.59. The molecule has 186 valence electrons. The topological polar surface area (TPSA) is 86.7 Å². The number of hydrogen-bond acceptors (Lipinski definition) is 4. The van der Waals surface area contributed by atoms with Crippen molar-refractivity contribution in [3.8, 4) is 0 Å². The number of nitrogens with one attached hydrogen (secondary N) is 1. The normalized spacial score (nSPS) is 17.2. The van der Waals surface area contributed by atoms with Gasteiger partial charge in [0.05, 0.1) is 18.7 Å². The van der Waals surface area contributed by atoms with E-state index < -0.39 is 29.1 Å². The van der Waals surface area contributed by atoms with Crippen LogP contribution in [0.25, 0.3) is 0 Å². The molecule has 36 heavy (non-hydrogen) atoms. The lowest BCUT2D eigenvalue weighted by Crippen LogP contribution is -2.41. The van der Waals surface area contributed by atoms with Crippen LogP contribution in [0.15, 0.2) is 66.7 Å². The number of benzene rings is 3. The number of amides is 2. The molecule has 1 atom stereocenters. The number of Topliss-reactive ketones (excluding diaryl/α,β-unsaturated/α-hetero) is 1. The molecule has 0 bridgehead atoms. The fourth-order valence-electron chi connectivity index (χ4n) is 4.07. The molecule has 0 aliphatic carbocycles. The van der Waals surface area contributed by atoms with Crippen LogP contribution in [0.1, 0.15) is 48.7 Å². The molecule has 1 aliphatic rings. The van der Waals surface area contributed by atoms with Gasteiger partial charge in [0.1, 0.15) is 0 Å². The van der Waals surface area contributed by atoms with E-state index in [4.69, 9.17) is 23.2 Å². The van der Waals surface area contributed by atoms with Crippen LogP contribution in [0.2, 0.25) is 10.0 Å². The molecule has 6 nitrogen and oxygen atoms in total. The Hall–Kier alpha value is -3.19. The van der Waals surface area contributed by atoms with Gasteiger partial charge in [-0.05, 0) is 42.5 Å². The van der Waals surface area contributed by atoms with Crippen molar-refractivity contribution in [1.29, 1.82) is 0 Å². The van der Waals surface area contributed by atoms with Crippen LogP contribution in [0.5, 0.6) is 0 Å². The number of hydrogen-bond donors (Lipinski definition) is 2. The van der Waals surface area contributed by atoms with Gasteiger partial charge in [-0.3, -0.25) is 14.4 Å².